The SMILES string of the molecule is O=C(N[C@H](c1cn2ncc([C@H](O)[C@H]3C[C@H](C(F)(F)F)NC3=O)cc2n1)C1CCC(F)(F)CC1)c1nonc1C1CC1. The number of nitrogens with one attached hydrogen (secondary N) is 2. The zero-order chi connectivity index (χ0) is 29.1. The van der Waals surface area contributed by atoms with Crippen LogP contribution in [0.15, 0.2) is 23.1 Å². The first kappa shape index (κ1) is 27.5. The van der Waals surface area contributed by atoms with Crippen molar-refractivity contribution < 1.29 is 41.3 Å². The molecule has 0 spiro atoms. The van der Waals surface area contributed by atoms with Gasteiger partial charge in [-0.25, -0.2) is 22.9 Å². The van der Waals surface area contributed by atoms with E-state index in [0.29, 0.717) is 11.4 Å². The minimum atomic E-state index is -4.64. The second-order valence-electron chi connectivity index (χ2n) is 11.1. The predicted octanol–water partition coefficient (Wildman–Crippen LogP) is 3.39. The van der Waals surface area contributed by atoms with Crippen molar-refractivity contribution in [1.82, 2.24) is 35.5 Å². The summed E-state index contributed by atoms with van der Waals surface area (Å²) in [5.41, 5.74) is 1.05. The molecule has 11 nitrogen and oxygen atoms in total. The van der Waals surface area contributed by atoms with E-state index in [2.05, 4.69) is 25.7 Å². The Hall–Kier alpha value is -3.69. The van der Waals surface area contributed by atoms with Crippen LogP contribution >= 0.6 is 0 Å². The zero-order valence-electron chi connectivity index (χ0n) is 21.4. The molecule has 2 amide bonds. The number of carbonyl (C=O) groups excluding carboxylic acids is 2. The van der Waals surface area contributed by atoms with Gasteiger partial charge < -0.3 is 15.7 Å². The smallest absolute Gasteiger partial charge is 0.388 e. The summed E-state index contributed by atoms with van der Waals surface area (Å²) in [5.74, 6) is -5.96. The van der Waals surface area contributed by atoms with Gasteiger partial charge in [0.25, 0.3) is 5.91 Å². The highest BCUT2D eigenvalue weighted by Crippen LogP contribution is 2.43. The van der Waals surface area contributed by atoms with Gasteiger partial charge in [0.05, 0.1) is 36.2 Å². The summed E-state index contributed by atoms with van der Waals surface area (Å²) in [6, 6.07) is -1.47. The van der Waals surface area contributed by atoms with Crippen molar-refractivity contribution in [2.45, 2.75) is 81.2 Å². The van der Waals surface area contributed by atoms with E-state index < -0.39 is 54.4 Å². The fourth-order valence-corrected chi connectivity index (χ4v) is 5.66. The Morgan fingerprint density at radius 2 is 1.93 bits per heavy atom. The van der Waals surface area contributed by atoms with Gasteiger partial charge >= 0.3 is 6.18 Å². The van der Waals surface area contributed by atoms with Crippen molar-refractivity contribution in [1.29, 1.82) is 0 Å². The molecule has 3 aliphatic rings. The van der Waals surface area contributed by atoms with Crippen molar-refractivity contribution in [2.75, 3.05) is 0 Å². The molecule has 3 aromatic heterocycles. The van der Waals surface area contributed by atoms with Crippen molar-refractivity contribution in [3.63, 3.8) is 0 Å². The van der Waals surface area contributed by atoms with E-state index in [4.69, 9.17) is 4.63 Å². The third kappa shape index (κ3) is 5.48. The van der Waals surface area contributed by atoms with Gasteiger partial charge in [-0.15, -0.1) is 0 Å². The van der Waals surface area contributed by atoms with Crippen molar-refractivity contribution >= 4 is 17.5 Å². The molecule has 0 aromatic carbocycles. The van der Waals surface area contributed by atoms with Crippen LogP contribution in [-0.2, 0) is 4.79 Å². The molecular formula is C25H26F5N7O4. The molecule has 2 aliphatic carbocycles. The molecule has 3 aromatic rings. The van der Waals surface area contributed by atoms with Crippen LogP contribution in [0, 0.1) is 11.8 Å². The molecule has 41 heavy (non-hydrogen) atoms. The predicted molar refractivity (Wildman–Crippen MR) is 127 cm³/mol. The Labute approximate surface area is 228 Å². The molecule has 16 heteroatoms. The van der Waals surface area contributed by atoms with E-state index in [-0.39, 0.29) is 54.4 Å². The van der Waals surface area contributed by atoms with Crippen LogP contribution in [0.5, 0.6) is 0 Å². The standard InChI is InChI=1S/C25H26F5N7O4/c26-24(27)5-3-12(4-6-24)18(34-23(40)20-19(11-1-2-11)35-41-36-20)15-10-37-17(32-15)7-13(9-31-37)21(38)14-8-16(25(28,29)30)33-22(14)39/h7,9-12,14,16,18,21,38H,1-6,8H2,(H,33,39)(H,34,40)/t14-,16-,18+,21+/m1/s1. The molecule has 4 atom stereocenters. The maximum Gasteiger partial charge on any atom is 0.408 e. The van der Waals surface area contributed by atoms with Gasteiger partial charge in [-0.3, -0.25) is 9.59 Å². The molecule has 1 aliphatic heterocycles. The second-order valence-corrected chi connectivity index (χ2v) is 11.1. The highest BCUT2D eigenvalue weighted by molar-refractivity contribution is 5.93. The quantitative estimate of drug-likeness (QED) is 0.359. The number of rotatable bonds is 7. The lowest BCUT2D eigenvalue weighted by molar-refractivity contribution is -0.155. The van der Waals surface area contributed by atoms with Gasteiger partial charge in [0.2, 0.25) is 11.8 Å². The molecule has 2 saturated carbocycles. The Kier molecular flexibility index (Phi) is 6.70. The number of aliphatic hydroxyl groups excluding tert-OH is 1. The molecule has 0 unspecified atom stereocenters. The number of amides is 2. The van der Waals surface area contributed by atoms with Gasteiger partial charge in [0.15, 0.2) is 11.3 Å². The number of hydrogen-bond donors (Lipinski definition) is 3. The number of imidazole rings is 1. The van der Waals surface area contributed by atoms with Gasteiger partial charge in [-0.2, -0.15) is 18.3 Å². The van der Waals surface area contributed by atoms with Crippen molar-refractivity contribution in [2.24, 2.45) is 11.8 Å². The molecule has 3 N–H and O–H groups in total. The average molecular weight is 584 g/mol. The lowest BCUT2D eigenvalue weighted by Crippen LogP contribution is -2.38. The van der Waals surface area contributed by atoms with Crippen molar-refractivity contribution in [3.8, 4) is 0 Å². The summed E-state index contributed by atoms with van der Waals surface area (Å²) in [4.78, 5) is 29.9. The van der Waals surface area contributed by atoms with Gasteiger partial charge in [0, 0.05) is 24.3 Å². The number of aromatic nitrogens is 5. The Morgan fingerprint density at radius 3 is 2.59 bits per heavy atom. The summed E-state index contributed by atoms with van der Waals surface area (Å²) in [6.45, 7) is 0. The number of fused-ring (bicyclic) bond motifs is 1. The van der Waals surface area contributed by atoms with Gasteiger partial charge in [-0.05, 0) is 49.2 Å². The van der Waals surface area contributed by atoms with Crippen LogP contribution in [0.3, 0.4) is 0 Å². The summed E-state index contributed by atoms with van der Waals surface area (Å²) in [6.07, 6.45) is -2.90. The molecule has 0 radical (unpaired) electrons. The topological polar surface area (TPSA) is 148 Å². The second kappa shape index (κ2) is 9.99. The number of alkyl halides is 5. The molecule has 1 saturated heterocycles. The van der Waals surface area contributed by atoms with Crippen LogP contribution in [0.1, 0.15) is 90.4 Å². The number of carbonyl (C=O) groups is 2. The molecular weight excluding hydrogens is 557 g/mol. The molecule has 3 fully saturated rings. The highest BCUT2D eigenvalue weighted by Gasteiger charge is 2.50. The lowest BCUT2D eigenvalue weighted by atomic mass is 9.81. The van der Waals surface area contributed by atoms with Crippen LogP contribution in [0.25, 0.3) is 5.65 Å². The van der Waals surface area contributed by atoms with Gasteiger partial charge in [0.1, 0.15) is 11.7 Å². The number of nitrogens with zero attached hydrogens (tertiary/aromatic N) is 5. The third-order valence-corrected chi connectivity index (χ3v) is 8.15. The number of halogens is 5. The Bertz CT molecular complexity index is 1460. The normalized spacial score (nSPS) is 24.8. The maximum atomic E-state index is 13.9. The first-order valence-corrected chi connectivity index (χ1v) is 13.3. The summed E-state index contributed by atoms with van der Waals surface area (Å²) < 4.78 is 73.3. The lowest BCUT2D eigenvalue weighted by Gasteiger charge is -2.33. The van der Waals surface area contributed by atoms with Crippen LogP contribution in [0.4, 0.5) is 22.0 Å². The minimum Gasteiger partial charge on any atom is -0.388 e. The van der Waals surface area contributed by atoms with Crippen LogP contribution in [-0.4, -0.2) is 60.0 Å². The molecule has 0 bridgehead atoms. The number of aliphatic hydroxyl groups is 1. The van der Waals surface area contributed by atoms with Crippen LogP contribution in [0.2, 0.25) is 0 Å². The highest BCUT2D eigenvalue weighted by atomic mass is 19.4. The van der Waals surface area contributed by atoms with E-state index in [1.807, 2.05) is 5.32 Å². The first-order chi connectivity index (χ1) is 19.4. The fourth-order valence-electron chi connectivity index (χ4n) is 5.66. The summed E-state index contributed by atoms with van der Waals surface area (Å²) in [5, 5.41) is 27.2. The Morgan fingerprint density at radius 1 is 1.20 bits per heavy atom. The zero-order valence-corrected chi connectivity index (χ0v) is 21.4. The molecule has 4 heterocycles. The number of hydrogen-bond acceptors (Lipinski definition) is 8. The van der Waals surface area contributed by atoms with Crippen molar-refractivity contribution in [3.05, 3.63) is 41.1 Å². The maximum absolute atomic E-state index is 13.9. The third-order valence-electron chi connectivity index (χ3n) is 8.15. The van der Waals surface area contributed by atoms with E-state index in [0.717, 1.165) is 12.8 Å². The fraction of sp³-hybridized carbons (Fsp3) is 0.600. The van der Waals surface area contributed by atoms with Gasteiger partial charge in [-0.1, -0.05) is 5.16 Å². The van der Waals surface area contributed by atoms with E-state index >= 15 is 0 Å². The van der Waals surface area contributed by atoms with E-state index in [1.165, 1.54) is 23.0 Å². The Balaban J connectivity index is 1.27. The molecule has 6 rings (SSSR count). The van der Waals surface area contributed by atoms with E-state index in [1.54, 1.807) is 0 Å². The average Bonchev–Trinajstić information content (AvgIpc) is 3.31. The minimum absolute atomic E-state index is 0.0259. The first-order valence-electron chi connectivity index (χ1n) is 13.3. The monoisotopic (exact) mass is 583 g/mol. The largest absolute Gasteiger partial charge is 0.408 e. The summed E-state index contributed by atoms with van der Waals surface area (Å²) in [7, 11) is 0. The summed E-state index contributed by atoms with van der Waals surface area (Å²) >= 11 is 0. The van der Waals surface area contributed by atoms with Crippen LogP contribution < -0.4 is 10.6 Å². The van der Waals surface area contributed by atoms with E-state index in [9.17, 15) is 36.6 Å². The molecule has 220 valence electrons.